The van der Waals surface area contributed by atoms with Crippen molar-refractivity contribution in [3.8, 4) is 0 Å². The molecule has 126 valence electrons. The van der Waals surface area contributed by atoms with Gasteiger partial charge in [0.15, 0.2) is 5.78 Å². The third kappa shape index (κ3) is 3.83. The average molecular weight is 345 g/mol. The van der Waals surface area contributed by atoms with E-state index in [2.05, 4.69) is 5.32 Å². The molecule has 1 aliphatic rings. The zero-order chi connectivity index (χ0) is 16.3. The van der Waals surface area contributed by atoms with Crippen molar-refractivity contribution >= 4 is 29.8 Å². The number of hydrogen-bond donors (Lipinski definition) is 2. The molecule has 3 rings (SSSR count). The zero-order valence-corrected chi connectivity index (χ0v) is 14.1. The molecule has 2 aromatic carbocycles. The Kier molecular flexibility index (Phi) is 5.75. The summed E-state index contributed by atoms with van der Waals surface area (Å²) in [5.74, 6) is -0.232. The Morgan fingerprint density at radius 1 is 0.917 bits per heavy atom. The van der Waals surface area contributed by atoms with Crippen LogP contribution in [0.2, 0.25) is 0 Å². The van der Waals surface area contributed by atoms with Crippen LogP contribution in [-0.2, 0) is 4.79 Å². The van der Waals surface area contributed by atoms with Crippen LogP contribution in [0.25, 0.3) is 0 Å². The minimum Gasteiger partial charge on any atom is -0.324 e. The van der Waals surface area contributed by atoms with Crippen molar-refractivity contribution in [1.82, 2.24) is 0 Å². The van der Waals surface area contributed by atoms with E-state index in [-0.39, 0.29) is 24.1 Å². The molecule has 1 saturated carbocycles. The summed E-state index contributed by atoms with van der Waals surface area (Å²) >= 11 is 0. The third-order valence-electron chi connectivity index (χ3n) is 4.37. The van der Waals surface area contributed by atoms with Gasteiger partial charge in [-0.15, -0.1) is 12.4 Å². The van der Waals surface area contributed by atoms with Gasteiger partial charge >= 0.3 is 0 Å². The van der Waals surface area contributed by atoms with Gasteiger partial charge < -0.3 is 11.1 Å². The van der Waals surface area contributed by atoms with Crippen molar-refractivity contribution in [2.75, 3.05) is 5.32 Å². The second kappa shape index (κ2) is 7.60. The van der Waals surface area contributed by atoms with Gasteiger partial charge in [0, 0.05) is 16.8 Å². The number of rotatable bonds is 4. The standard InChI is InChI=1S/C19H20N2O2.ClH/c20-19(11-4-5-12-19)18(23)21-16-10-6-9-15(13-16)17(22)14-7-2-1-3-8-14;/h1-3,6-10,13H,4-5,11-12,20H2,(H,21,23);1H. The predicted molar refractivity (Wildman–Crippen MR) is 97.6 cm³/mol. The molecular weight excluding hydrogens is 324 g/mol. The molecule has 0 spiro atoms. The van der Waals surface area contributed by atoms with E-state index < -0.39 is 5.54 Å². The van der Waals surface area contributed by atoms with Crippen molar-refractivity contribution in [1.29, 1.82) is 0 Å². The maximum Gasteiger partial charge on any atom is 0.244 e. The Labute approximate surface area is 147 Å². The lowest BCUT2D eigenvalue weighted by Gasteiger charge is -2.22. The van der Waals surface area contributed by atoms with Crippen molar-refractivity contribution in [3.63, 3.8) is 0 Å². The molecule has 0 saturated heterocycles. The number of nitrogens with two attached hydrogens (primary N) is 1. The van der Waals surface area contributed by atoms with Gasteiger partial charge in [0.25, 0.3) is 0 Å². The minimum atomic E-state index is -0.778. The quantitative estimate of drug-likeness (QED) is 0.833. The SMILES string of the molecule is Cl.NC1(C(=O)Nc2cccc(C(=O)c3ccccc3)c2)CCCC1. The first-order valence-electron chi connectivity index (χ1n) is 7.89. The fourth-order valence-electron chi connectivity index (χ4n) is 2.98. The molecule has 24 heavy (non-hydrogen) atoms. The van der Waals surface area contributed by atoms with E-state index in [0.29, 0.717) is 29.7 Å². The number of anilines is 1. The van der Waals surface area contributed by atoms with Gasteiger partial charge in [-0.25, -0.2) is 0 Å². The summed E-state index contributed by atoms with van der Waals surface area (Å²) in [6, 6.07) is 16.1. The molecular formula is C19H21ClN2O2. The molecule has 0 aliphatic heterocycles. The van der Waals surface area contributed by atoms with E-state index in [4.69, 9.17) is 5.73 Å². The lowest BCUT2D eigenvalue weighted by Crippen LogP contribution is -2.48. The lowest BCUT2D eigenvalue weighted by atomic mass is 9.97. The van der Waals surface area contributed by atoms with E-state index in [1.165, 1.54) is 0 Å². The van der Waals surface area contributed by atoms with E-state index in [1.54, 1.807) is 36.4 Å². The summed E-state index contributed by atoms with van der Waals surface area (Å²) in [4.78, 5) is 24.8. The van der Waals surface area contributed by atoms with Crippen LogP contribution in [0.15, 0.2) is 54.6 Å². The average Bonchev–Trinajstić information content (AvgIpc) is 3.03. The van der Waals surface area contributed by atoms with Gasteiger partial charge in [-0.05, 0) is 25.0 Å². The van der Waals surface area contributed by atoms with Gasteiger partial charge in [0.1, 0.15) is 0 Å². The van der Waals surface area contributed by atoms with Crippen LogP contribution >= 0.6 is 12.4 Å². The number of ketones is 1. The van der Waals surface area contributed by atoms with Crippen LogP contribution in [-0.4, -0.2) is 17.2 Å². The maximum absolute atomic E-state index is 12.5. The molecule has 0 atom stereocenters. The van der Waals surface area contributed by atoms with Crippen LogP contribution in [0.4, 0.5) is 5.69 Å². The van der Waals surface area contributed by atoms with Crippen molar-refractivity contribution in [2.45, 2.75) is 31.2 Å². The summed E-state index contributed by atoms with van der Waals surface area (Å²) in [7, 11) is 0. The van der Waals surface area contributed by atoms with Crippen molar-refractivity contribution in [3.05, 3.63) is 65.7 Å². The Morgan fingerprint density at radius 3 is 2.21 bits per heavy atom. The van der Waals surface area contributed by atoms with Gasteiger partial charge in [0.05, 0.1) is 5.54 Å². The first-order valence-corrected chi connectivity index (χ1v) is 7.89. The number of hydrogen-bond acceptors (Lipinski definition) is 3. The summed E-state index contributed by atoms with van der Waals surface area (Å²) in [5, 5.41) is 2.85. The smallest absolute Gasteiger partial charge is 0.244 e. The largest absolute Gasteiger partial charge is 0.324 e. The molecule has 1 amide bonds. The first-order chi connectivity index (χ1) is 11.1. The van der Waals surface area contributed by atoms with Crippen LogP contribution in [0, 0.1) is 0 Å². The molecule has 0 unspecified atom stereocenters. The van der Waals surface area contributed by atoms with Gasteiger partial charge in [-0.1, -0.05) is 55.3 Å². The highest BCUT2D eigenvalue weighted by Gasteiger charge is 2.36. The number of benzene rings is 2. The van der Waals surface area contributed by atoms with Crippen molar-refractivity contribution < 1.29 is 9.59 Å². The van der Waals surface area contributed by atoms with E-state index in [1.807, 2.05) is 18.2 Å². The summed E-state index contributed by atoms with van der Waals surface area (Å²) in [5.41, 5.74) is 7.16. The number of nitrogens with one attached hydrogen (secondary N) is 1. The topological polar surface area (TPSA) is 72.2 Å². The minimum absolute atomic E-state index is 0. The molecule has 0 aromatic heterocycles. The molecule has 0 heterocycles. The zero-order valence-electron chi connectivity index (χ0n) is 13.3. The monoisotopic (exact) mass is 344 g/mol. The van der Waals surface area contributed by atoms with Gasteiger partial charge in [-0.2, -0.15) is 0 Å². The molecule has 3 N–H and O–H groups in total. The maximum atomic E-state index is 12.5. The first kappa shape index (κ1) is 18.2. The summed E-state index contributed by atoms with van der Waals surface area (Å²) in [6.07, 6.45) is 3.38. The molecule has 0 radical (unpaired) electrons. The highest BCUT2D eigenvalue weighted by Crippen LogP contribution is 2.28. The molecule has 5 heteroatoms. The van der Waals surface area contributed by atoms with Crippen molar-refractivity contribution in [2.24, 2.45) is 5.73 Å². The molecule has 2 aromatic rings. The number of carbonyl (C=O) groups excluding carboxylic acids is 2. The highest BCUT2D eigenvalue weighted by atomic mass is 35.5. The number of halogens is 1. The molecule has 1 fully saturated rings. The van der Waals surface area contributed by atoms with Crippen LogP contribution < -0.4 is 11.1 Å². The van der Waals surface area contributed by atoms with Crippen LogP contribution in [0.5, 0.6) is 0 Å². The van der Waals surface area contributed by atoms with E-state index in [9.17, 15) is 9.59 Å². The fourth-order valence-corrected chi connectivity index (χ4v) is 2.98. The fraction of sp³-hybridized carbons (Fsp3) is 0.263. The highest BCUT2D eigenvalue weighted by molar-refractivity contribution is 6.10. The van der Waals surface area contributed by atoms with Crippen LogP contribution in [0.1, 0.15) is 41.6 Å². The number of amides is 1. The molecule has 1 aliphatic carbocycles. The second-order valence-corrected chi connectivity index (χ2v) is 6.09. The Morgan fingerprint density at radius 2 is 1.54 bits per heavy atom. The summed E-state index contributed by atoms with van der Waals surface area (Å²) < 4.78 is 0. The Bertz CT molecular complexity index is 725. The normalized spacial score (nSPS) is 15.4. The number of carbonyl (C=O) groups is 2. The predicted octanol–water partition coefficient (Wildman–Crippen LogP) is 3.55. The third-order valence-corrected chi connectivity index (χ3v) is 4.37. The van der Waals surface area contributed by atoms with E-state index >= 15 is 0 Å². The Balaban J connectivity index is 0.00000208. The van der Waals surface area contributed by atoms with Gasteiger partial charge in [0.2, 0.25) is 5.91 Å². The summed E-state index contributed by atoms with van der Waals surface area (Å²) in [6.45, 7) is 0. The van der Waals surface area contributed by atoms with Crippen LogP contribution in [0.3, 0.4) is 0 Å². The molecule has 4 nitrogen and oxygen atoms in total. The molecule has 0 bridgehead atoms. The lowest BCUT2D eigenvalue weighted by molar-refractivity contribution is -0.121. The van der Waals surface area contributed by atoms with Gasteiger partial charge in [-0.3, -0.25) is 9.59 Å². The van der Waals surface area contributed by atoms with E-state index in [0.717, 1.165) is 12.8 Å². The second-order valence-electron chi connectivity index (χ2n) is 6.09. The Hall–Kier alpha value is -2.17.